The summed E-state index contributed by atoms with van der Waals surface area (Å²) in [6, 6.07) is 26.6. The Morgan fingerprint density at radius 2 is 1.08 bits per heavy atom. The van der Waals surface area contributed by atoms with Crippen LogP contribution in [0.2, 0.25) is 0 Å². The molecule has 0 unspecified atom stereocenters. The number of methoxy groups -OCH3 is 2. The second-order valence-electron chi connectivity index (χ2n) is 13.6. The quantitative estimate of drug-likeness (QED) is 0.0474. The van der Waals surface area contributed by atoms with E-state index in [4.69, 9.17) is 23.7 Å². The zero-order chi connectivity index (χ0) is 44.1. The Morgan fingerprint density at radius 1 is 0.639 bits per heavy atom. The highest BCUT2D eigenvalue weighted by atomic mass is 32.1. The summed E-state index contributed by atoms with van der Waals surface area (Å²) < 4.78 is 121. The molecule has 6 rings (SSSR count). The van der Waals surface area contributed by atoms with Gasteiger partial charge in [0.1, 0.15) is 48.9 Å². The molecular formula is C44H36F6O9S2. The zero-order valence-electron chi connectivity index (χ0n) is 32.6. The topological polar surface area (TPSA) is 107 Å². The van der Waals surface area contributed by atoms with Gasteiger partial charge in [-0.3, -0.25) is 9.59 Å². The van der Waals surface area contributed by atoms with Crippen LogP contribution in [0.15, 0.2) is 119 Å². The maximum atomic E-state index is 15.0. The van der Waals surface area contributed by atoms with Gasteiger partial charge in [0.2, 0.25) is 9.48 Å². The molecule has 17 heteroatoms. The van der Waals surface area contributed by atoms with Crippen LogP contribution in [0.5, 0.6) is 23.0 Å². The van der Waals surface area contributed by atoms with Crippen molar-refractivity contribution in [2.45, 2.75) is 30.8 Å². The molecule has 0 saturated carbocycles. The lowest BCUT2D eigenvalue weighted by atomic mass is 10.1. The van der Waals surface area contributed by atoms with Crippen LogP contribution in [0.3, 0.4) is 0 Å². The van der Waals surface area contributed by atoms with Crippen molar-refractivity contribution in [1.82, 2.24) is 0 Å². The van der Waals surface area contributed by atoms with Crippen molar-refractivity contribution in [3.63, 3.8) is 0 Å². The van der Waals surface area contributed by atoms with E-state index in [9.17, 15) is 31.9 Å². The molecule has 2 aromatic heterocycles. The number of alkyl halides is 6. The monoisotopic (exact) mass is 886 g/mol. The molecule has 0 saturated heterocycles. The second kappa shape index (κ2) is 18.4. The van der Waals surface area contributed by atoms with Crippen LogP contribution in [-0.4, -0.2) is 70.5 Å². The van der Waals surface area contributed by atoms with Gasteiger partial charge in [-0.25, -0.2) is 4.79 Å². The number of para-hydroxylation sites is 2. The molecule has 61 heavy (non-hydrogen) atoms. The van der Waals surface area contributed by atoms with E-state index >= 15 is 8.78 Å². The first-order valence-electron chi connectivity index (χ1n) is 18.2. The molecule has 0 fully saturated rings. The molecule has 0 atom stereocenters. The Bertz CT molecular complexity index is 2550. The highest BCUT2D eigenvalue weighted by molar-refractivity contribution is 7.16. The van der Waals surface area contributed by atoms with Crippen LogP contribution < -0.4 is 28.4 Å². The molecule has 0 aliphatic rings. The summed E-state index contributed by atoms with van der Waals surface area (Å²) in [5.41, 5.74) is 1.54. The van der Waals surface area contributed by atoms with Crippen LogP contribution >= 0.6 is 22.7 Å². The third-order valence-electron chi connectivity index (χ3n) is 9.23. The molecular weight excluding hydrogens is 851 g/mol. The Hall–Kier alpha value is -5.91. The van der Waals surface area contributed by atoms with Gasteiger partial charge in [-0.2, -0.15) is 26.3 Å². The first-order chi connectivity index (χ1) is 28.9. The predicted molar refractivity (Wildman–Crippen MR) is 222 cm³/mol. The maximum absolute atomic E-state index is 15.0. The molecule has 0 radical (unpaired) electrons. The highest BCUT2D eigenvalue weighted by Gasteiger charge is 2.72. The van der Waals surface area contributed by atoms with E-state index in [0.29, 0.717) is 53.9 Å². The molecule has 6 aromatic rings. The minimum Gasteiger partial charge on any atom is -0.496 e. The van der Waals surface area contributed by atoms with Crippen molar-refractivity contribution in [2.75, 3.05) is 40.6 Å². The number of halogens is 6. The Morgan fingerprint density at radius 3 is 1.52 bits per heavy atom. The van der Waals surface area contributed by atoms with Gasteiger partial charge in [-0.1, -0.05) is 65.7 Å². The first-order valence-corrected chi connectivity index (χ1v) is 19.8. The fourth-order valence-electron chi connectivity index (χ4n) is 5.95. The maximum Gasteiger partial charge on any atom is 0.377 e. The van der Waals surface area contributed by atoms with Crippen molar-refractivity contribution in [3.8, 4) is 45.3 Å². The molecule has 0 aliphatic heterocycles. The standard InChI is InChI=1S/C44H36F6O9S2/c1-25(2)39(51)59-24-43(47,48)44(49,50)42(45,46)23-58-30(21-56-28-15-13-26-17-33(40(52)60-37(26)19-28)31-9-5-7-11-35(31)54-3)22-57-29-16-14-27-18-34(41(53)61-38(27)20-29)32-10-6-8-12-36(32)55-4/h5-20,30H,1,21-24H2,2-4H3. The van der Waals surface area contributed by atoms with Crippen LogP contribution in [-0.2, 0) is 14.3 Å². The van der Waals surface area contributed by atoms with Crippen molar-refractivity contribution >= 4 is 48.8 Å². The molecule has 9 nitrogen and oxygen atoms in total. The largest absolute Gasteiger partial charge is 0.496 e. The van der Waals surface area contributed by atoms with Crippen LogP contribution in [0.4, 0.5) is 26.3 Å². The SMILES string of the molecule is C=C(C)C(=O)OCC(F)(F)C(F)(F)C(F)(F)COC(COc1ccc2cc(-c3ccccc3OC)c(=O)sc2c1)COc1ccc2cc(-c3ccccc3OC)c(=O)sc2c1. The fraction of sp³-hybridized carbons (Fsp3) is 0.250. The molecule has 2 heterocycles. The van der Waals surface area contributed by atoms with E-state index in [-0.39, 0.29) is 21.0 Å². The Labute approximate surface area is 352 Å². The average Bonchev–Trinajstić information content (AvgIpc) is 3.24. The normalized spacial score (nSPS) is 12.1. The van der Waals surface area contributed by atoms with Crippen molar-refractivity contribution in [3.05, 3.63) is 128 Å². The predicted octanol–water partition coefficient (Wildman–Crippen LogP) is 10.1. The minimum absolute atomic E-state index is 0.131. The lowest BCUT2D eigenvalue weighted by molar-refractivity contribution is -0.329. The Kier molecular flexibility index (Phi) is 13.4. The number of carbonyl (C=O) groups is 1. The molecule has 0 aliphatic carbocycles. The number of rotatable bonds is 18. The van der Waals surface area contributed by atoms with Gasteiger partial charge in [0.05, 0.1) is 14.2 Å². The van der Waals surface area contributed by atoms with Gasteiger partial charge in [0.15, 0.2) is 6.61 Å². The van der Waals surface area contributed by atoms with Crippen molar-refractivity contribution < 1.29 is 59.6 Å². The number of fused-ring (bicyclic) bond motifs is 2. The summed E-state index contributed by atoms with van der Waals surface area (Å²) in [7, 11) is 2.97. The van der Waals surface area contributed by atoms with Gasteiger partial charge in [-0.05, 0) is 78.4 Å². The number of esters is 1. The summed E-state index contributed by atoms with van der Waals surface area (Å²) in [5, 5.41) is 1.30. The molecule has 4 aromatic carbocycles. The van der Waals surface area contributed by atoms with Gasteiger partial charge in [0, 0.05) is 37.2 Å². The van der Waals surface area contributed by atoms with Gasteiger partial charge >= 0.3 is 23.7 Å². The molecule has 0 spiro atoms. The summed E-state index contributed by atoms with van der Waals surface area (Å²) in [4.78, 5) is 37.9. The number of hydrogen-bond donors (Lipinski definition) is 0. The van der Waals surface area contributed by atoms with Crippen molar-refractivity contribution in [2.24, 2.45) is 0 Å². The van der Waals surface area contributed by atoms with Crippen LogP contribution in [0, 0.1) is 0 Å². The molecule has 0 N–H and O–H groups in total. The molecule has 0 bridgehead atoms. The van der Waals surface area contributed by atoms with E-state index in [1.807, 2.05) is 0 Å². The minimum atomic E-state index is -6.04. The summed E-state index contributed by atoms with van der Waals surface area (Å²) in [6.07, 6.45) is -1.58. The first kappa shape index (κ1) is 44.6. The highest BCUT2D eigenvalue weighted by Crippen LogP contribution is 2.46. The summed E-state index contributed by atoms with van der Waals surface area (Å²) in [5.74, 6) is -17.3. The van der Waals surface area contributed by atoms with E-state index in [1.165, 1.54) is 38.5 Å². The fourth-order valence-corrected chi connectivity index (χ4v) is 7.74. The van der Waals surface area contributed by atoms with Gasteiger partial charge in [-0.15, -0.1) is 0 Å². The zero-order valence-corrected chi connectivity index (χ0v) is 34.2. The number of hydrogen-bond acceptors (Lipinski definition) is 11. The van der Waals surface area contributed by atoms with Crippen LogP contribution in [0.25, 0.3) is 42.4 Å². The van der Waals surface area contributed by atoms with Crippen molar-refractivity contribution in [1.29, 1.82) is 0 Å². The third-order valence-corrected chi connectivity index (χ3v) is 11.2. The van der Waals surface area contributed by atoms with E-state index in [2.05, 4.69) is 11.3 Å². The average molecular weight is 887 g/mol. The van der Waals surface area contributed by atoms with Gasteiger partial charge in [0.25, 0.3) is 0 Å². The third kappa shape index (κ3) is 9.85. The second-order valence-corrected chi connectivity index (χ2v) is 15.6. The van der Waals surface area contributed by atoms with Crippen LogP contribution in [0.1, 0.15) is 6.92 Å². The lowest BCUT2D eigenvalue weighted by Crippen LogP contribution is -2.58. The molecule has 0 amide bonds. The summed E-state index contributed by atoms with van der Waals surface area (Å²) >= 11 is 1.81. The number of ether oxygens (including phenoxy) is 6. The Balaban J connectivity index is 1.23. The van der Waals surface area contributed by atoms with E-state index in [1.54, 1.807) is 72.8 Å². The summed E-state index contributed by atoms with van der Waals surface area (Å²) in [6.45, 7) is -1.60. The van der Waals surface area contributed by atoms with E-state index < -0.39 is 61.8 Å². The number of benzene rings is 4. The molecule has 320 valence electrons. The van der Waals surface area contributed by atoms with E-state index in [0.717, 1.165) is 29.6 Å². The number of carbonyl (C=O) groups excluding carboxylic acids is 1. The van der Waals surface area contributed by atoms with Gasteiger partial charge < -0.3 is 28.4 Å². The smallest absolute Gasteiger partial charge is 0.377 e. The lowest BCUT2D eigenvalue weighted by Gasteiger charge is -2.33.